The van der Waals surface area contributed by atoms with Gasteiger partial charge in [-0.25, -0.2) is 4.79 Å². The van der Waals surface area contributed by atoms with Crippen LogP contribution in [0, 0.1) is 0 Å². The van der Waals surface area contributed by atoms with Crippen molar-refractivity contribution < 1.29 is 14.6 Å². The molecule has 158 valence electrons. The number of benzene rings is 3. The molecule has 0 saturated carbocycles. The van der Waals surface area contributed by atoms with Crippen LogP contribution in [0.15, 0.2) is 71.2 Å². The van der Waals surface area contributed by atoms with Crippen LogP contribution >= 0.6 is 15.9 Å². The summed E-state index contributed by atoms with van der Waals surface area (Å²) in [6, 6.07) is 22.1. The lowest BCUT2D eigenvalue weighted by Gasteiger charge is -2.35. The van der Waals surface area contributed by atoms with Crippen LogP contribution in [0.2, 0.25) is 0 Å². The number of anilines is 1. The fraction of sp³-hybridized carbons (Fsp3) is 0.240. The number of phenolic OH excluding ortho intramolecular Hbond substituents is 1. The fourth-order valence-corrected chi connectivity index (χ4v) is 5.04. The van der Waals surface area contributed by atoms with Crippen molar-refractivity contribution in [1.82, 2.24) is 4.90 Å². The number of ether oxygens (including phenoxy) is 1. The smallest absolute Gasteiger partial charge is 0.409 e. The highest BCUT2D eigenvalue weighted by Gasteiger charge is 2.30. The lowest BCUT2D eigenvalue weighted by atomic mass is 9.98. The van der Waals surface area contributed by atoms with Gasteiger partial charge >= 0.3 is 6.09 Å². The van der Waals surface area contributed by atoms with E-state index in [1.807, 2.05) is 18.2 Å². The molecule has 1 amide bonds. The summed E-state index contributed by atoms with van der Waals surface area (Å²) in [7, 11) is 0. The van der Waals surface area contributed by atoms with Crippen LogP contribution in [-0.2, 0) is 4.74 Å². The molecule has 0 radical (unpaired) electrons. The number of nitrogens with zero attached hydrogens (tertiary/aromatic N) is 2. The molecule has 1 N–H and O–H groups in total. The molecular weight excluding hydrogens is 456 g/mol. The monoisotopic (exact) mass is 478 g/mol. The molecule has 0 aromatic heterocycles. The van der Waals surface area contributed by atoms with Gasteiger partial charge in [0, 0.05) is 48.3 Å². The molecule has 1 aliphatic carbocycles. The quantitative estimate of drug-likeness (QED) is 0.560. The van der Waals surface area contributed by atoms with Gasteiger partial charge < -0.3 is 19.6 Å². The van der Waals surface area contributed by atoms with Crippen molar-refractivity contribution in [3.05, 3.63) is 82.3 Å². The first-order valence-corrected chi connectivity index (χ1v) is 11.2. The van der Waals surface area contributed by atoms with Crippen LogP contribution in [0.3, 0.4) is 0 Å². The van der Waals surface area contributed by atoms with Gasteiger partial charge in [-0.1, -0.05) is 64.5 Å². The SMILES string of the molecule is O=C(OCC1c2ccccc2-c2ccccc21)N1CCN(c2cc(O)cc(Br)c2)CC1. The standard InChI is InChI=1S/C25H23BrN2O3/c26-17-13-18(15-19(29)14-17)27-9-11-28(12-10-27)25(30)31-16-24-22-7-3-1-5-20(22)21-6-2-4-8-23(21)24/h1-8,13-15,24,29H,9-12,16H2. The minimum absolute atomic E-state index is 0.0716. The number of aromatic hydroxyl groups is 1. The molecule has 5 nitrogen and oxygen atoms in total. The summed E-state index contributed by atoms with van der Waals surface area (Å²) in [5.41, 5.74) is 5.83. The summed E-state index contributed by atoms with van der Waals surface area (Å²) >= 11 is 3.42. The Kier molecular flexibility index (Phi) is 5.32. The van der Waals surface area contributed by atoms with E-state index >= 15 is 0 Å². The first kappa shape index (κ1) is 19.9. The summed E-state index contributed by atoms with van der Waals surface area (Å²) in [6.45, 7) is 2.90. The Morgan fingerprint density at radius 3 is 2.16 bits per heavy atom. The van der Waals surface area contributed by atoms with Gasteiger partial charge in [-0.05, 0) is 34.4 Å². The summed E-state index contributed by atoms with van der Waals surface area (Å²) in [5, 5.41) is 9.84. The molecule has 1 fully saturated rings. The second-order valence-electron chi connectivity index (χ2n) is 7.95. The maximum atomic E-state index is 12.8. The van der Waals surface area contributed by atoms with Gasteiger partial charge in [-0.15, -0.1) is 0 Å². The van der Waals surface area contributed by atoms with Crippen molar-refractivity contribution in [2.24, 2.45) is 0 Å². The Bertz CT molecular complexity index is 1060. The van der Waals surface area contributed by atoms with E-state index in [9.17, 15) is 9.90 Å². The van der Waals surface area contributed by atoms with E-state index in [0.29, 0.717) is 32.8 Å². The molecule has 0 unspecified atom stereocenters. The zero-order valence-corrected chi connectivity index (χ0v) is 18.6. The van der Waals surface area contributed by atoms with Crippen LogP contribution in [0.5, 0.6) is 5.75 Å². The fourth-order valence-electron chi connectivity index (χ4n) is 4.57. The Balaban J connectivity index is 1.22. The number of hydrogen-bond donors (Lipinski definition) is 1. The van der Waals surface area contributed by atoms with E-state index in [1.165, 1.54) is 22.3 Å². The molecular formula is C25H23BrN2O3. The number of phenols is 1. The first-order valence-electron chi connectivity index (χ1n) is 10.4. The van der Waals surface area contributed by atoms with Crippen molar-refractivity contribution in [1.29, 1.82) is 0 Å². The summed E-state index contributed by atoms with van der Waals surface area (Å²) in [5.74, 6) is 0.297. The minimum Gasteiger partial charge on any atom is -0.508 e. The summed E-state index contributed by atoms with van der Waals surface area (Å²) in [4.78, 5) is 16.7. The number of fused-ring (bicyclic) bond motifs is 3. The van der Waals surface area contributed by atoms with Crippen LogP contribution in [0.1, 0.15) is 17.0 Å². The van der Waals surface area contributed by atoms with Crippen molar-refractivity contribution >= 4 is 27.7 Å². The normalized spacial score (nSPS) is 15.5. The largest absolute Gasteiger partial charge is 0.508 e. The van der Waals surface area contributed by atoms with Gasteiger partial charge in [0.1, 0.15) is 12.4 Å². The molecule has 5 rings (SSSR count). The van der Waals surface area contributed by atoms with Gasteiger partial charge in [0.25, 0.3) is 0 Å². The second-order valence-corrected chi connectivity index (χ2v) is 8.86. The number of rotatable bonds is 3. The van der Waals surface area contributed by atoms with E-state index in [2.05, 4.69) is 57.2 Å². The molecule has 2 aliphatic rings. The second kappa shape index (κ2) is 8.27. The number of carbonyl (C=O) groups excluding carboxylic acids is 1. The van der Waals surface area contributed by atoms with Gasteiger partial charge in [0.2, 0.25) is 0 Å². The third-order valence-corrected chi connectivity index (χ3v) is 6.56. The molecule has 3 aromatic carbocycles. The average Bonchev–Trinajstić information content (AvgIpc) is 3.11. The molecule has 0 atom stereocenters. The third-order valence-electron chi connectivity index (χ3n) is 6.11. The maximum Gasteiger partial charge on any atom is 0.409 e. The van der Waals surface area contributed by atoms with E-state index in [1.54, 1.807) is 17.0 Å². The lowest BCUT2D eigenvalue weighted by Crippen LogP contribution is -2.49. The summed E-state index contributed by atoms with van der Waals surface area (Å²) in [6.07, 6.45) is -0.265. The first-order chi connectivity index (χ1) is 15.1. The number of hydrogen-bond acceptors (Lipinski definition) is 4. The molecule has 31 heavy (non-hydrogen) atoms. The van der Waals surface area contributed by atoms with Crippen LogP contribution in [0.4, 0.5) is 10.5 Å². The summed E-state index contributed by atoms with van der Waals surface area (Å²) < 4.78 is 6.61. The highest BCUT2D eigenvalue weighted by atomic mass is 79.9. The molecule has 3 aromatic rings. The molecule has 0 bridgehead atoms. The number of carbonyl (C=O) groups is 1. The van der Waals surface area contributed by atoms with E-state index in [-0.39, 0.29) is 17.8 Å². The average molecular weight is 479 g/mol. The molecule has 1 heterocycles. The Labute approximate surface area is 190 Å². The molecule has 1 aliphatic heterocycles. The van der Waals surface area contributed by atoms with Gasteiger partial charge in [0.05, 0.1) is 0 Å². The maximum absolute atomic E-state index is 12.8. The van der Waals surface area contributed by atoms with E-state index in [0.717, 1.165) is 10.2 Å². The van der Waals surface area contributed by atoms with Crippen LogP contribution < -0.4 is 4.90 Å². The van der Waals surface area contributed by atoms with Crippen molar-refractivity contribution in [3.63, 3.8) is 0 Å². The zero-order chi connectivity index (χ0) is 21.4. The molecule has 1 saturated heterocycles. The Morgan fingerprint density at radius 2 is 1.55 bits per heavy atom. The van der Waals surface area contributed by atoms with Crippen molar-refractivity contribution in [2.45, 2.75) is 5.92 Å². The van der Waals surface area contributed by atoms with Crippen molar-refractivity contribution in [2.75, 3.05) is 37.7 Å². The Hall–Kier alpha value is -2.99. The van der Waals surface area contributed by atoms with Crippen LogP contribution in [-0.4, -0.2) is 48.9 Å². The Morgan fingerprint density at radius 1 is 0.935 bits per heavy atom. The third kappa shape index (κ3) is 3.88. The number of piperazine rings is 1. The van der Waals surface area contributed by atoms with E-state index in [4.69, 9.17) is 4.74 Å². The minimum atomic E-state index is -0.265. The van der Waals surface area contributed by atoms with Gasteiger partial charge in [-0.2, -0.15) is 0 Å². The van der Waals surface area contributed by atoms with Crippen molar-refractivity contribution in [3.8, 4) is 16.9 Å². The predicted molar refractivity (Wildman–Crippen MR) is 125 cm³/mol. The van der Waals surface area contributed by atoms with Crippen LogP contribution in [0.25, 0.3) is 11.1 Å². The predicted octanol–water partition coefficient (Wildman–Crippen LogP) is 5.23. The van der Waals surface area contributed by atoms with Gasteiger partial charge in [-0.3, -0.25) is 0 Å². The lowest BCUT2D eigenvalue weighted by molar-refractivity contribution is 0.0977. The topological polar surface area (TPSA) is 53.0 Å². The number of amides is 1. The highest BCUT2D eigenvalue weighted by molar-refractivity contribution is 9.10. The molecule has 0 spiro atoms. The highest BCUT2D eigenvalue weighted by Crippen LogP contribution is 2.44. The van der Waals surface area contributed by atoms with Gasteiger partial charge in [0.15, 0.2) is 0 Å². The van der Waals surface area contributed by atoms with E-state index < -0.39 is 0 Å². The molecule has 6 heteroatoms. The number of halogens is 1. The zero-order valence-electron chi connectivity index (χ0n) is 17.0.